The van der Waals surface area contributed by atoms with Crippen LogP contribution in [0.25, 0.3) is 0 Å². The zero-order valence-corrected chi connectivity index (χ0v) is 21.1. The zero-order chi connectivity index (χ0) is 23.8. The second kappa shape index (κ2) is 12.3. The highest BCUT2D eigenvalue weighted by molar-refractivity contribution is 7.98. The number of carbonyl (C=O) groups is 2. The molecule has 1 aliphatic rings. The van der Waals surface area contributed by atoms with Crippen LogP contribution in [0.1, 0.15) is 29.3 Å². The standard InChI is InChI=1S/C25H33ClN4O2S/c1-4-29-12-14-30(15-13-29)19-9-10-22(18(2)17-19)27-25(32)23(11-16-33-3)28-24(31)20-7-5-6-8-21(20)26/h5-10,17,23H,4,11-16H2,1-3H3,(H,27,32)(H,28,31). The Hall–Kier alpha value is -2.22. The van der Waals surface area contributed by atoms with Crippen molar-refractivity contribution < 1.29 is 9.59 Å². The Morgan fingerprint density at radius 2 is 1.85 bits per heavy atom. The molecule has 2 aromatic rings. The molecular weight excluding hydrogens is 456 g/mol. The van der Waals surface area contributed by atoms with Gasteiger partial charge in [-0.1, -0.05) is 30.7 Å². The zero-order valence-electron chi connectivity index (χ0n) is 19.6. The molecule has 6 nitrogen and oxygen atoms in total. The molecule has 1 fully saturated rings. The van der Waals surface area contributed by atoms with Gasteiger partial charge >= 0.3 is 0 Å². The van der Waals surface area contributed by atoms with E-state index in [0.717, 1.165) is 49.7 Å². The number of piperazine rings is 1. The highest BCUT2D eigenvalue weighted by Gasteiger charge is 2.23. The summed E-state index contributed by atoms with van der Waals surface area (Å²) in [5, 5.41) is 6.24. The average molecular weight is 489 g/mol. The van der Waals surface area contributed by atoms with Crippen molar-refractivity contribution in [1.82, 2.24) is 10.2 Å². The maximum Gasteiger partial charge on any atom is 0.253 e. The third kappa shape index (κ3) is 6.88. The molecule has 0 saturated carbocycles. The number of nitrogens with one attached hydrogen (secondary N) is 2. The minimum Gasteiger partial charge on any atom is -0.369 e. The number of likely N-dealkylation sites (N-methyl/N-ethyl adjacent to an activating group) is 1. The predicted octanol–water partition coefficient (Wildman–Crippen LogP) is 4.28. The Kier molecular flexibility index (Phi) is 9.47. The van der Waals surface area contributed by atoms with Crippen LogP contribution in [0.2, 0.25) is 5.02 Å². The van der Waals surface area contributed by atoms with Crippen LogP contribution in [0.15, 0.2) is 42.5 Å². The number of anilines is 2. The lowest BCUT2D eigenvalue weighted by molar-refractivity contribution is -0.118. The number of aryl methyl sites for hydroxylation is 1. The van der Waals surface area contributed by atoms with E-state index < -0.39 is 6.04 Å². The first-order valence-corrected chi connectivity index (χ1v) is 13.1. The van der Waals surface area contributed by atoms with Gasteiger partial charge in [-0.25, -0.2) is 0 Å². The predicted molar refractivity (Wildman–Crippen MR) is 140 cm³/mol. The van der Waals surface area contributed by atoms with Gasteiger partial charge in [-0.15, -0.1) is 0 Å². The molecule has 2 N–H and O–H groups in total. The minimum absolute atomic E-state index is 0.225. The molecule has 0 spiro atoms. The van der Waals surface area contributed by atoms with Gasteiger partial charge in [0.25, 0.3) is 5.91 Å². The molecule has 1 aliphatic heterocycles. The van der Waals surface area contributed by atoms with E-state index in [1.54, 1.807) is 36.0 Å². The molecule has 2 aromatic carbocycles. The summed E-state index contributed by atoms with van der Waals surface area (Å²) in [6.07, 6.45) is 2.51. The van der Waals surface area contributed by atoms with Crippen LogP contribution in [0.5, 0.6) is 0 Å². The first-order valence-electron chi connectivity index (χ1n) is 11.4. The van der Waals surface area contributed by atoms with Crippen LogP contribution < -0.4 is 15.5 Å². The fraction of sp³-hybridized carbons (Fsp3) is 0.440. The number of nitrogens with zero attached hydrogens (tertiary/aromatic N) is 2. The molecular formula is C25H33ClN4O2S. The summed E-state index contributed by atoms with van der Waals surface area (Å²) in [7, 11) is 0. The Bertz CT molecular complexity index is 963. The minimum atomic E-state index is -0.651. The molecule has 178 valence electrons. The molecule has 33 heavy (non-hydrogen) atoms. The largest absolute Gasteiger partial charge is 0.369 e. The summed E-state index contributed by atoms with van der Waals surface area (Å²) < 4.78 is 0. The quantitative estimate of drug-likeness (QED) is 0.551. The van der Waals surface area contributed by atoms with Crippen molar-refractivity contribution in [2.45, 2.75) is 26.3 Å². The molecule has 0 aliphatic carbocycles. The number of hydrogen-bond acceptors (Lipinski definition) is 5. The lowest BCUT2D eigenvalue weighted by atomic mass is 10.1. The summed E-state index contributed by atoms with van der Waals surface area (Å²) >= 11 is 7.80. The van der Waals surface area contributed by atoms with Crippen LogP contribution in [0.4, 0.5) is 11.4 Å². The molecule has 1 heterocycles. The fourth-order valence-electron chi connectivity index (χ4n) is 3.91. The van der Waals surface area contributed by atoms with Gasteiger partial charge in [0.15, 0.2) is 0 Å². The molecule has 0 bridgehead atoms. The van der Waals surface area contributed by atoms with Gasteiger partial charge in [-0.3, -0.25) is 9.59 Å². The van der Waals surface area contributed by atoms with Crippen molar-refractivity contribution in [3.8, 4) is 0 Å². The Labute approximate surface area is 206 Å². The topological polar surface area (TPSA) is 64.7 Å². The van der Waals surface area contributed by atoms with Crippen LogP contribution in [-0.2, 0) is 4.79 Å². The van der Waals surface area contributed by atoms with Crippen LogP contribution in [0.3, 0.4) is 0 Å². The number of benzene rings is 2. The average Bonchev–Trinajstić information content (AvgIpc) is 2.83. The van der Waals surface area contributed by atoms with Gasteiger partial charge in [0.1, 0.15) is 6.04 Å². The molecule has 3 rings (SSSR count). The summed E-state index contributed by atoms with van der Waals surface area (Å²) in [6.45, 7) is 9.42. The number of halogens is 1. The molecule has 0 aromatic heterocycles. The monoisotopic (exact) mass is 488 g/mol. The third-order valence-corrected chi connectivity index (χ3v) is 6.98. The molecule has 0 radical (unpaired) electrons. The van der Waals surface area contributed by atoms with E-state index >= 15 is 0 Å². The lowest BCUT2D eigenvalue weighted by Gasteiger charge is -2.35. The van der Waals surface area contributed by atoms with E-state index in [9.17, 15) is 9.59 Å². The van der Waals surface area contributed by atoms with E-state index in [1.165, 1.54) is 5.69 Å². The number of amides is 2. The van der Waals surface area contributed by atoms with Gasteiger partial charge in [-0.05, 0) is 67.8 Å². The van der Waals surface area contributed by atoms with Crippen molar-refractivity contribution >= 4 is 46.6 Å². The van der Waals surface area contributed by atoms with Crippen molar-refractivity contribution in [2.24, 2.45) is 0 Å². The SMILES string of the molecule is CCN1CCN(c2ccc(NC(=O)C(CCSC)NC(=O)c3ccccc3Cl)c(C)c2)CC1. The molecule has 1 unspecified atom stereocenters. The summed E-state index contributed by atoms with van der Waals surface area (Å²) in [6, 6.07) is 12.3. The summed E-state index contributed by atoms with van der Waals surface area (Å²) in [5.74, 6) is 0.180. The van der Waals surface area contributed by atoms with Gasteiger partial charge in [0, 0.05) is 37.6 Å². The Balaban J connectivity index is 1.67. The number of hydrogen-bond donors (Lipinski definition) is 2. The number of rotatable bonds is 9. The van der Waals surface area contributed by atoms with Gasteiger partial charge in [-0.2, -0.15) is 11.8 Å². The number of carbonyl (C=O) groups excluding carboxylic acids is 2. The Morgan fingerprint density at radius 3 is 2.48 bits per heavy atom. The molecule has 1 saturated heterocycles. The van der Waals surface area contributed by atoms with E-state index in [2.05, 4.69) is 39.5 Å². The van der Waals surface area contributed by atoms with Crippen molar-refractivity contribution in [3.05, 3.63) is 58.6 Å². The van der Waals surface area contributed by atoms with Crippen LogP contribution >= 0.6 is 23.4 Å². The molecule has 8 heteroatoms. The van der Waals surface area contributed by atoms with Crippen molar-refractivity contribution in [1.29, 1.82) is 0 Å². The molecule has 1 atom stereocenters. The second-order valence-electron chi connectivity index (χ2n) is 8.20. The fourth-order valence-corrected chi connectivity index (χ4v) is 4.61. The maximum atomic E-state index is 13.1. The maximum absolute atomic E-state index is 13.1. The van der Waals surface area contributed by atoms with Gasteiger partial charge < -0.3 is 20.4 Å². The normalized spacial score (nSPS) is 15.2. The van der Waals surface area contributed by atoms with E-state index in [1.807, 2.05) is 19.2 Å². The Morgan fingerprint density at radius 1 is 1.12 bits per heavy atom. The summed E-state index contributed by atoms with van der Waals surface area (Å²) in [4.78, 5) is 30.7. The van der Waals surface area contributed by atoms with E-state index in [4.69, 9.17) is 11.6 Å². The number of thioether (sulfide) groups is 1. The van der Waals surface area contributed by atoms with E-state index in [-0.39, 0.29) is 11.8 Å². The highest BCUT2D eigenvalue weighted by atomic mass is 35.5. The lowest BCUT2D eigenvalue weighted by Crippen LogP contribution is -2.46. The first-order chi connectivity index (χ1) is 15.9. The van der Waals surface area contributed by atoms with Crippen LogP contribution in [0, 0.1) is 6.92 Å². The molecule has 2 amide bonds. The van der Waals surface area contributed by atoms with Gasteiger partial charge in [0.2, 0.25) is 5.91 Å². The van der Waals surface area contributed by atoms with Crippen molar-refractivity contribution in [2.75, 3.05) is 54.9 Å². The van der Waals surface area contributed by atoms with Gasteiger partial charge in [0.05, 0.1) is 10.6 Å². The van der Waals surface area contributed by atoms with Crippen LogP contribution in [-0.4, -0.2) is 67.5 Å². The third-order valence-electron chi connectivity index (χ3n) is 6.00. The van der Waals surface area contributed by atoms with E-state index in [0.29, 0.717) is 17.0 Å². The summed E-state index contributed by atoms with van der Waals surface area (Å²) in [5.41, 5.74) is 3.30. The first kappa shape index (κ1) is 25.4. The second-order valence-corrected chi connectivity index (χ2v) is 9.59. The van der Waals surface area contributed by atoms with Crippen molar-refractivity contribution in [3.63, 3.8) is 0 Å². The smallest absolute Gasteiger partial charge is 0.253 e. The highest BCUT2D eigenvalue weighted by Crippen LogP contribution is 2.24.